The molecule has 0 nitrogen and oxygen atoms in total. The molecule has 0 radical (unpaired) electrons. The summed E-state index contributed by atoms with van der Waals surface area (Å²) in [6.45, 7) is 2.49. The van der Waals surface area contributed by atoms with Crippen LogP contribution in [0, 0.1) is 0 Å². The van der Waals surface area contributed by atoms with Gasteiger partial charge in [0.1, 0.15) is 6.17 Å². The molecule has 0 aromatic heterocycles. The lowest BCUT2D eigenvalue weighted by Crippen LogP contribution is -2.37. The van der Waals surface area contributed by atoms with E-state index in [0.717, 1.165) is 0 Å². The third kappa shape index (κ3) is 3.97. The van der Waals surface area contributed by atoms with Crippen molar-refractivity contribution in [3.8, 4) is 0 Å². The number of hydrogen-bond donors (Lipinski definition) is 0. The molecule has 7 heteroatoms. The molecule has 0 rings (SSSR count). The smallest absolute Gasteiger partial charge is 0.244 e. The molecule has 0 aromatic rings. The van der Waals surface area contributed by atoms with Gasteiger partial charge < -0.3 is 0 Å². The van der Waals surface area contributed by atoms with Crippen molar-refractivity contribution in [3.05, 3.63) is 12.7 Å². The van der Waals surface area contributed by atoms with E-state index in [1.54, 1.807) is 0 Å². The van der Waals surface area contributed by atoms with Crippen LogP contribution in [0.5, 0.6) is 0 Å². The predicted octanol–water partition coefficient (Wildman–Crippen LogP) is 3.44. The van der Waals surface area contributed by atoms with Crippen LogP contribution in [-0.4, -0.2) is 24.4 Å². The Morgan fingerprint density at radius 1 is 1.07 bits per heavy atom. The zero-order valence-corrected chi connectivity index (χ0v) is 6.79. The quantitative estimate of drug-likeness (QED) is 0.506. The molecule has 0 heterocycles. The number of alkyl halides is 7. The topological polar surface area (TPSA) is 0 Å². The second kappa shape index (κ2) is 4.18. The lowest BCUT2D eigenvalue weighted by atomic mass is 10.1. The van der Waals surface area contributed by atoms with Crippen molar-refractivity contribution in [3.63, 3.8) is 0 Å². The molecule has 0 saturated heterocycles. The van der Waals surface area contributed by atoms with Crippen molar-refractivity contribution >= 4 is 0 Å². The van der Waals surface area contributed by atoms with E-state index in [0.29, 0.717) is 0 Å². The highest BCUT2D eigenvalue weighted by molar-refractivity contribution is 4.96. The van der Waals surface area contributed by atoms with Crippen LogP contribution in [0.1, 0.15) is 6.42 Å². The van der Waals surface area contributed by atoms with E-state index in [4.69, 9.17) is 0 Å². The molecule has 0 aliphatic heterocycles. The summed E-state index contributed by atoms with van der Waals surface area (Å²) < 4.78 is 83.7. The molecule has 2 unspecified atom stereocenters. The maximum atomic E-state index is 12.4. The van der Waals surface area contributed by atoms with Crippen molar-refractivity contribution < 1.29 is 30.7 Å². The molecule has 0 aromatic carbocycles. The van der Waals surface area contributed by atoms with Gasteiger partial charge in [-0.25, -0.2) is 8.78 Å². The summed E-state index contributed by atoms with van der Waals surface area (Å²) in [4.78, 5) is 0. The highest BCUT2D eigenvalue weighted by Crippen LogP contribution is 2.32. The van der Waals surface area contributed by atoms with Gasteiger partial charge in [0.2, 0.25) is 0 Å². The Labute approximate surface area is 75.4 Å². The van der Waals surface area contributed by atoms with E-state index < -0.39 is 30.9 Å². The summed E-state index contributed by atoms with van der Waals surface area (Å²) in [5.41, 5.74) is 0. The van der Waals surface area contributed by atoms with Gasteiger partial charge in [-0.2, -0.15) is 22.0 Å². The molecule has 14 heavy (non-hydrogen) atoms. The number of halogens is 7. The van der Waals surface area contributed by atoms with Crippen LogP contribution in [0.3, 0.4) is 0 Å². The summed E-state index contributed by atoms with van der Waals surface area (Å²) >= 11 is 0. The summed E-state index contributed by atoms with van der Waals surface area (Å²) in [6.07, 6.45) is -14.3. The summed E-state index contributed by atoms with van der Waals surface area (Å²) in [5, 5.41) is 0. The standard InChI is InChI=1S/C7H7F7/c1-2-6(10,11)5(9)4(8)3-7(12,13)14/h2,4-5H,1,3H2. The third-order valence-electron chi connectivity index (χ3n) is 1.38. The van der Waals surface area contributed by atoms with E-state index in [9.17, 15) is 30.7 Å². The molecule has 84 valence electrons. The molecule has 0 bridgehead atoms. The van der Waals surface area contributed by atoms with Crippen LogP contribution in [0.2, 0.25) is 0 Å². The first-order valence-electron chi connectivity index (χ1n) is 3.46. The molecule has 0 aliphatic carbocycles. The second-order valence-corrected chi connectivity index (χ2v) is 2.62. The van der Waals surface area contributed by atoms with Crippen LogP contribution in [0.4, 0.5) is 30.7 Å². The maximum absolute atomic E-state index is 12.4. The minimum absolute atomic E-state index is 0.222. The minimum Gasteiger partial charge on any atom is -0.244 e. The number of hydrogen-bond acceptors (Lipinski definition) is 0. The van der Waals surface area contributed by atoms with Gasteiger partial charge in [-0.3, -0.25) is 0 Å². The van der Waals surface area contributed by atoms with E-state index in [1.165, 1.54) is 0 Å². The Hall–Kier alpha value is -0.750. The number of rotatable bonds is 4. The lowest BCUT2D eigenvalue weighted by molar-refractivity contribution is -0.162. The van der Waals surface area contributed by atoms with E-state index >= 15 is 0 Å². The molecule has 2 atom stereocenters. The molecule has 0 N–H and O–H groups in total. The molecule has 0 saturated carbocycles. The van der Waals surface area contributed by atoms with Crippen LogP contribution in [0.25, 0.3) is 0 Å². The first kappa shape index (κ1) is 13.2. The van der Waals surface area contributed by atoms with Gasteiger partial charge in [0.25, 0.3) is 5.92 Å². The maximum Gasteiger partial charge on any atom is 0.392 e. The Kier molecular flexibility index (Phi) is 3.96. The van der Waals surface area contributed by atoms with Gasteiger partial charge in [-0.05, 0) is 6.08 Å². The normalized spacial score (nSPS) is 17.6. The summed E-state index contributed by atoms with van der Waals surface area (Å²) in [7, 11) is 0. The first-order valence-corrected chi connectivity index (χ1v) is 3.46. The molecular weight excluding hydrogens is 217 g/mol. The SMILES string of the molecule is C=CC(F)(F)C(F)C(F)CC(F)(F)F. The van der Waals surface area contributed by atoms with Crippen molar-refractivity contribution in [1.82, 2.24) is 0 Å². The summed E-state index contributed by atoms with van der Waals surface area (Å²) in [5.74, 6) is -4.29. The minimum atomic E-state index is -5.01. The van der Waals surface area contributed by atoms with Crippen LogP contribution in [0.15, 0.2) is 12.7 Å². The fourth-order valence-corrected chi connectivity index (χ4v) is 0.678. The fourth-order valence-electron chi connectivity index (χ4n) is 0.678. The van der Waals surface area contributed by atoms with Crippen molar-refractivity contribution in [2.24, 2.45) is 0 Å². The molecule has 0 aliphatic rings. The van der Waals surface area contributed by atoms with Crippen LogP contribution < -0.4 is 0 Å². The zero-order valence-electron chi connectivity index (χ0n) is 6.79. The van der Waals surface area contributed by atoms with Gasteiger partial charge in [0.15, 0.2) is 6.17 Å². The van der Waals surface area contributed by atoms with Crippen LogP contribution in [-0.2, 0) is 0 Å². The molecule has 0 fully saturated rings. The van der Waals surface area contributed by atoms with Crippen molar-refractivity contribution in [1.29, 1.82) is 0 Å². The van der Waals surface area contributed by atoms with Crippen LogP contribution >= 0.6 is 0 Å². The van der Waals surface area contributed by atoms with E-state index in [2.05, 4.69) is 6.58 Å². The van der Waals surface area contributed by atoms with Gasteiger partial charge in [-0.1, -0.05) is 6.58 Å². The highest BCUT2D eigenvalue weighted by Gasteiger charge is 2.46. The van der Waals surface area contributed by atoms with Gasteiger partial charge in [0, 0.05) is 0 Å². The van der Waals surface area contributed by atoms with Gasteiger partial charge >= 0.3 is 6.18 Å². The first-order chi connectivity index (χ1) is 6.10. The highest BCUT2D eigenvalue weighted by atomic mass is 19.4. The lowest BCUT2D eigenvalue weighted by Gasteiger charge is -2.20. The molecule has 0 spiro atoms. The molecular formula is C7H7F7. The largest absolute Gasteiger partial charge is 0.392 e. The predicted molar refractivity (Wildman–Crippen MR) is 35.6 cm³/mol. The van der Waals surface area contributed by atoms with E-state index in [-0.39, 0.29) is 6.08 Å². The Bertz CT molecular complexity index is 195. The van der Waals surface area contributed by atoms with Crippen molar-refractivity contribution in [2.75, 3.05) is 0 Å². The van der Waals surface area contributed by atoms with Gasteiger partial charge in [0.05, 0.1) is 6.42 Å². The Balaban J connectivity index is 4.40. The Morgan fingerprint density at radius 2 is 1.50 bits per heavy atom. The zero-order chi connectivity index (χ0) is 11.6. The third-order valence-corrected chi connectivity index (χ3v) is 1.38. The Morgan fingerprint density at radius 3 is 1.79 bits per heavy atom. The van der Waals surface area contributed by atoms with Crippen molar-refractivity contribution in [2.45, 2.75) is 30.9 Å². The second-order valence-electron chi connectivity index (χ2n) is 2.62. The average Bonchev–Trinajstić information content (AvgIpc) is 2.00. The molecule has 0 amide bonds. The van der Waals surface area contributed by atoms with Gasteiger partial charge in [-0.15, -0.1) is 0 Å². The summed E-state index contributed by atoms with van der Waals surface area (Å²) in [6, 6.07) is 0. The monoisotopic (exact) mass is 224 g/mol. The average molecular weight is 224 g/mol. The number of allylic oxidation sites excluding steroid dienone is 1. The van der Waals surface area contributed by atoms with E-state index in [1.807, 2.05) is 0 Å². The fraction of sp³-hybridized carbons (Fsp3) is 0.714.